The average Bonchev–Trinajstić information content (AvgIpc) is 3.49. The Morgan fingerprint density at radius 2 is 1.87 bits per heavy atom. The molecule has 0 spiro atoms. The van der Waals surface area contributed by atoms with Crippen molar-refractivity contribution in [1.29, 1.82) is 0 Å². The van der Waals surface area contributed by atoms with Gasteiger partial charge in [-0.2, -0.15) is 0 Å². The van der Waals surface area contributed by atoms with Gasteiger partial charge in [-0.25, -0.2) is 9.59 Å². The highest BCUT2D eigenvalue weighted by molar-refractivity contribution is 9.10. The van der Waals surface area contributed by atoms with Gasteiger partial charge in [0.25, 0.3) is 11.8 Å². The molecule has 0 unspecified atom stereocenters. The molecule has 0 aliphatic carbocycles. The summed E-state index contributed by atoms with van der Waals surface area (Å²) in [6, 6.07) is 12.1. The Hall–Kier alpha value is -4.29. The number of anilines is 1. The lowest BCUT2D eigenvalue weighted by Gasteiger charge is -2.14. The molecule has 3 aromatic rings. The molecule has 4 amide bonds. The van der Waals surface area contributed by atoms with Crippen LogP contribution in [0.1, 0.15) is 21.9 Å². The van der Waals surface area contributed by atoms with E-state index in [0.717, 1.165) is 4.90 Å². The number of esters is 1. The number of methoxy groups -OCH3 is 2. The monoisotopic (exact) mass is 617 g/mol. The summed E-state index contributed by atoms with van der Waals surface area (Å²) in [6.07, 6.45) is 1.46. The van der Waals surface area contributed by atoms with Gasteiger partial charge < -0.3 is 29.3 Å². The smallest absolute Gasteiger partial charge is 0.373 e. The van der Waals surface area contributed by atoms with E-state index in [1.807, 2.05) is 0 Å². The van der Waals surface area contributed by atoms with Crippen molar-refractivity contribution in [1.82, 2.24) is 10.2 Å². The van der Waals surface area contributed by atoms with E-state index in [9.17, 15) is 19.2 Å². The highest BCUT2D eigenvalue weighted by Gasteiger charge is 2.34. The van der Waals surface area contributed by atoms with Gasteiger partial charge in [-0.15, -0.1) is 0 Å². The molecule has 11 nitrogen and oxygen atoms in total. The van der Waals surface area contributed by atoms with E-state index < -0.39 is 23.8 Å². The molecule has 202 valence electrons. The number of ether oxygens (including phenoxy) is 3. The molecule has 1 saturated heterocycles. The van der Waals surface area contributed by atoms with E-state index in [1.165, 1.54) is 32.4 Å². The maximum absolute atomic E-state index is 12.9. The van der Waals surface area contributed by atoms with Crippen molar-refractivity contribution in [2.24, 2.45) is 0 Å². The predicted octanol–water partition coefficient (Wildman–Crippen LogP) is 4.60. The number of halogens is 2. The average molecular weight is 619 g/mol. The summed E-state index contributed by atoms with van der Waals surface area (Å²) >= 11 is 9.26. The third-order valence-electron chi connectivity index (χ3n) is 5.36. The van der Waals surface area contributed by atoms with Crippen LogP contribution in [0.15, 0.2) is 63.1 Å². The third-order valence-corrected chi connectivity index (χ3v) is 6.20. The summed E-state index contributed by atoms with van der Waals surface area (Å²) in [5, 5.41) is 5.76. The zero-order valence-corrected chi connectivity index (χ0v) is 22.9. The summed E-state index contributed by atoms with van der Waals surface area (Å²) in [5.41, 5.74) is 1.09. The van der Waals surface area contributed by atoms with E-state index in [4.69, 9.17) is 25.5 Å². The molecule has 39 heavy (non-hydrogen) atoms. The summed E-state index contributed by atoms with van der Waals surface area (Å²) in [5.74, 6) is -0.919. The summed E-state index contributed by atoms with van der Waals surface area (Å²) in [4.78, 5) is 50.2. The van der Waals surface area contributed by atoms with Gasteiger partial charge in [0.1, 0.15) is 11.5 Å². The molecular formula is C26H21BrClN3O8. The van der Waals surface area contributed by atoms with Gasteiger partial charge >= 0.3 is 12.0 Å². The Morgan fingerprint density at radius 1 is 1.13 bits per heavy atom. The molecule has 2 N–H and O–H groups in total. The number of benzene rings is 2. The van der Waals surface area contributed by atoms with Crippen molar-refractivity contribution >= 4 is 63.1 Å². The normalized spacial score (nSPS) is 13.8. The number of nitrogens with zero attached hydrogens (tertiary/aromatic N) is 1. The first-order valence-electron chi connectivity index (χ1n) is 11.3. The van der Waals surface area contributed by atoms with Gasteiger partial charge in [0, 0.05) is 10.7 Å². The number of nitrogens with one attached hydrogen (secondary N) is 2. The second kappa shape index (κ2) is 12.0. The number of hydrogen-bond acceptors (Lipinski definition) is 8. The lowest BCUT2D eigenvalue weighted by atomic mass is 10.1. The Balaban J connectivity index is 1.45. The van der Waals surface area contributed by atoms with Gasteiger partial charge in [0.2, 0.25) is 5.76 Å². The van der Waals surface area contributed by atoms with Gasteiger partial charge in [0.05, 0.1) is 25.2 Å². The molecule has 1 aliphatic heterocycles. The standard InChI is InChI=1S/C26H21BrClN3O8/c1-36-21-11-14(9-18(27)23(21)38-13-22(32)29-16-5-3-15(28)4-6-16)10-19-24(33)31(26(35)30-19)12-17-7-8-20(39-17)25(34)37-2/h3-11H,12-13H2,1-2H3,(H,29,32)(H,30,35)/b19-10-. The molecule has 4 rings (SSSR count). The molecular weight excluding hydrogens is 598 g/mol. The number of carbonyl (C=O) groups is 4. The fraction of sp³-hybridized carbons (Fsp3) is 0.154. The van der Waals surface area contributed by atoms with Crippen LogP contribution in [0.2, 0.25) is 5.02 Å². The maximum atomic E-state index is 12.9. The highest BCUT2D eigenvalue weighted by atomic mass is 79.9. The number of carbonyl (C=O) groups excluding carboxylic acids is 4. The number of hydrogen-bond donors (Lipinski definition) is 2. The fourth-order valence-corrected chi connectivity index (χ4v) is 4.24. The fourth-order valence-electron chi connectivity index (χ4n) is 3.54. The number of rotatable bonds is 9. The van der Waals surface area contributed by atoms with Gasteiger partial charge in [-0.05, 0) is 76.1 Å². The van der Waals surface area contributed by atoms with Gasteiger partial charge in [-0.1, -0.05) is 11.6 Å². The van der Waals surface area contributed by atoms with E-state index in [2.05, 4.69) is 31.3 Å². The van der Waals surface area contributed by atoms with Crippen LogP contribution in [0.5, 0.6) is 11.5 Å². The summed E-state index contributed by atoms with van der Waals surface area (Å²) < 4.78 is 21.5. The number of amides is 4. The topological polar surface area (TPSA) is 136 Å². The largest absolute Gasteiger partial charge is 0.493 e. The Bertz CT molecular complexity index is 1470. The van der Waals surface area contributed by atoms with Crippen LogP contribution in [0.4, 0.5) is 10.5 Å². The molecule has 0 saturated carbocycles. The predicted molar refractivity (Wildman–Crippen MR) is 143 cm³/mol. The molecule has 2 aromatic carbocycles. The number of imide groups is 1. The van der Waals surface area contributed by atoms with Gasteiger partial charge in [0.15, 0.2) is 18.1 Å². The molecule has 0 bridgehead atoms. The van der Waals surface area contributed by atoms with E-state index in [0.29, 0.717) is 20.7 Å². The van der Waals surface area contributed by atoms with Crippen molar-refractivity contribution in [2.45, 2.75) is 6.54 Å². The summed E-state index contributed by atoms with van der Waals surface area (Å²) in [7, 11) is 2.64. The molecule has 13 heteroatoms. The van der Waals surface area contributed by atoms with E-state index >= 15 is 0 Å². The Kier molecular flexibility index (Phi) is 8.57. The summed E-state index contributed by atoms with van der Waals surface area (Å²) in [6.45, 7) is -0.483. The van der Waals surface area contributed by atoms with Crippen molar-refractivity contribution in [3.63, 3.8) is 0 Å². The molecule has 1 aliphatic rings. The van der Waals surface area contributed by atoms with Gasteiger partial charge in [-0.3, -0.25) is 14.5 Å². The molecule has 1 fully saturated rings. The van der Waals surface area contributed by atoms with Crippen molar-refractivity contribution < 1.29 is 37.8 Å². The molecule has 2 heterocycles. The van der Waals surface area contributed by atoms with Crippen LogP contribution in [0.25, 0.3) is 6.08 Å². The highest BCUT2D eigenvalue weighted by Crippen LogP contribution is 2.37. The SMILES string of the molecule is COC(=O)c1ccc(CN2C(=O)N/C(=C\c3cc(Br)c(OCC(=O)Nc4ccc(Cl)cc4)c(OC)c3)C2=O)o1. The van der Waals surface area contributed by atoms with Crippen LogP contribution < -0.4 is 20.1 Å². The van der Waals surface area contributed by atoms with Crippen LogP contribution >= 0.6 is 27.5 Å². The minimum atomic E-state index is -0.673. The maximum Gasteiger partial charge on any atom is 0.373 e. The zero-order chi connectivity index (χ0) is 28.1. The van der Waals surface area contributed by atoms with Crippen LogP contribution in [-0.4, -0.2) is 49.5 Å². The second-order valence-electron chi connectivity index (χ2n) is 8.01. The number of urea groups is 1. The first kappa shape index (κ1) is 27.7. The molecule has 0 radical (unpaired) electrons. The minimum absolute atomic E-state index is 0.0183. The second-order valence-corrected chi connectivity index (χ2v) is 9.31. The first-order chi connectivity index (χ1) is 18.7. The molecule has 0 atom stereocenters. The quantitative estimate of drug-likeness (QED) is 0.202. The minimum Gasteiger partial charge on any atom is -0.493 e. The zero-order valence-electron chi connectivity index (χ0n) is 20.6. The lowest BCUT2D eigenvalue weighted by Crippen LogP contribution is -2.30. The Labute approximate surface area is 235 Å². The molecule has 1 aromatic heterocycles. The lowest BCUT2D eigenvalue weighted by molar-refractivity contribution is -0.123. The number of furan rings is 1. The van der Waals surface area contributed by atoms with E-state index in [1.54, 1.807) is 36.4 Å². The van der Waals surface area contributed by atoms with E-state index in [-0.39, 0.29) is 41.9 Å². The van der Waals surface area contributed by atoms with Crippen molar-refractivity contribution in [3.05, 3.63) is 80.8 Å². The first-order valence-corrected chi connectivity index (χ1v) is 12.4. The Morgan fingerprint density at radius 3 is 2.56 bits per heavy atom. The van der Waals surface area contributed by atoms with Crippen molar-refractivity contribution in [3.8, 4) is 11.5 Å². The third kappa shape index (κ3) is 6.59. The van der Waals surface area contributed by atoms with Crippen molar-refractivity contribution in [2.75, 3.05) is 26.1 Å². The van der Waals surface area contributed by atoms with Crippen LogP contribution in [0.3, 0.4) is 0 Å². The van der Waals surface area contributed by atoms with Crippen LogP contribution in [-0.2, 0) is 20.9 Å². The van der Waals surface area contributed by atoms with Crippen LogP contribution in [0, 0.1) is 0 Å².